The second kappa shape index (κ2) is 9.45. The zero-order valence-electron chi connectivity index (χ0n) is 14.3. The number of nitrogens with zero attached hydrogens (tertiary/aromatic N) is 1. The van der Waals surface area contributed by atoms with E-state index in [0.29, 0.717) is 11.8 Å². The van der Waals surface area contributed by atoms with Gasteiger partial charge in [0, 0.05) is 26.2 Å². The minimum atomic E-state index is -0.0898. The summed E-state index contributed by atoms with van der Waals surface area (Å²) in [6.07, 6.45) is 7.49. The number of nitrogens with one attached hydrogen (secondary N) is 2. The van der Waals surface area contributed by atoms with Gasteiger partial charge in [-0.05, 0) is 50.6 Å². The first kappa shape index (κ1) is 21.0. The Kier molecular flexibility index (Phi) is 8.64. The Labute approximate surface area is 153 Å². The normalized spacial score (nSPS) is 34.0. The molecule has 4 nitrogen and oxygen atoms in total. The van der Waals surface area contributed by atoms with Gasteiger partial charge in [-0.15, -0.1) is 24.8 Å². The van der Waals surface area contributed by atoms with E-state index >= 15 is 0 Å². The molecule has 0 aromatic rings. The molecule has 1 unspecified atom stereocenters. The minimum Gasteiger partial charge on any atom is -0.354 e. The largest absolute Gasteiger partial charge is 0.354 e. The molecule has 6 heteroatoms. The van der Waals surface area contributed by atoms with Crippen molar-refractivity contribution in [1.29, 1.82) is 0 Å². The van der Waals surface area contributed by atoms with Crippen molar-refractivity contribution in [3.8, 4) is 0 Å². The van der Waals surface area contributed by atoms with Crippen LogP contribution in [0.3, 0.4) is 0 Å². The van der Waals surface area contributed by atoms with Crippen molar-refractivity contribution in [2.24, 2.45) is 17.3 Å². The number of fused-ring (bicyclic) bond motifs is 1. The van der Waals surface area contributed by atoms with Gasteiger partial charge in [-0.2, -0.15) is 0 Å². The quantitative estimate of drug-likeness (QED) is 0.803. The van der Waals surface area contributed by atoms with Gasteiger partial charge in [-0.1, -0.05) is 19.8 Å². The zero-order chi connectivity index (χ0) is 14.7. The number of likely N-dealkylation sites (tertiary alicyclic amines) is 1. The molecule has 1 aliphatic carbocycles. The maximum atomic E-state index is 12.7. The highest BCUT2D eigenvalue weighted by molar-refractivity contribution is 5.85. The number of amides is 1. The van der Waals surface area contributed by atoms with E-state index in [1.807, 2.05) is 0 Å². The third-order valence-electron chi connectivity index (χ3n) is 5.95. The summed E-state index contributed by atoms with van der Waals surface area (Å²) in [5, 5.41) is 6.72. The van der Waals surface area contributed by atoms with Crippen LogP contribution in [-0.4, -0.2) is 50.1 Å². The summed E-state index contributed by atoms with van der Waals surface area (Å²) in [7, 11) is 0. The van der Waals surface area contributed by atoms with Gasteiger partial charge in [0.1, 0.15) is 0 Å². The lowest BCUT2D eigenvalue weighted by Gasteiger charge is -2.37. The van der Waals surface area contributed by atoms with Crippen molar-refractivity contribution in [2.45, 2.75) is 45.4 Å². The number of piperidine rings is 1. The van der Waals surface area contributed by atoms with E-state index in [0.717, 1.165) is 38.5 Å². The zero-order valence-corrected chi connectivity index (χ0v) is 15.9. The van der Waals surface area contributed by atoms with Gasteiger partial charge < -0.3 is 15.5 Å². The number of carbonyl (C=O) groups is 1. The van der Waals surface area contributed by atoms with E-state index < -0.39 is 0 Å². The van der Waals surface area contributed by atoms with Gasteiger partial charge in [0.05, 0.1) is 5.41 Å². The average Bonchev–Trinajstić information content (AvgIpc) is 2.92. The van der Waals surface area contributed by atoms with Crippen LogP contribution in [0.15, 0.2) is 0 Å². The molecule has 2 saturated heterocycles. The number of carbonyl (C=O) groups excluding carboxylic acids is 1. The molecule has 3 aliphatic rings. The molecule has 0 spiro atoms. The summed E-state index contributed by atoms with van der Waals surface area (Å²) in [6, 6.07) is 0. The summed E-state index contributed by atoms with van der Waals surface area (Å²) in [5.41, 5.74) is -0.0898. The topological polar surface area (TPSA) is 44.4 Å². The van der Waals surface area contributed by atoms with E-state index in [4.69, 9.17) is 0 Å². The summed E-state index contributed by atoms with van der Waals surface area (Å²) in [5.74, 6) is 1.71. The van der Waals surface area contributed by atoms with Crippen molar-refractivity contribution in [3.63, 3.8) is 0 Å². The van der Waals surface area contributed by atoms with Crippen LogP contribution >= 0.6 is 24.8 Å². The van der Waals surface area contributed by atoms with E-state index in [-0.39, 0.29) is 30.2 Å². The maximum Gasteiger partial charge on any atom is 0.227 e. The average molecular weight is 366 g/mol. The van der Waals surface area contributed by atoms with Crippen LogP contribution in [0.25, 0.3) is 0 Å². The van der Waals surface area contributed by atoms with Crippen LogP contribution in [0.2, 0.25) is 0 Å². The fourth-order valence-electron chi connectivity index (χ4n) is 4.68. The molecular formula is C17H33Cl2N3O. The first-order valence-corrected chi connectivity index (χ1v) is 8.92. The molecule has 2 aliphatic heterocycles. The molecule has 2 N–H and O–H groups in total. The monoisotopic (exact) mass is 365 g/mol. The van der Waals surface area contributed by atoms with E-state index in [9.17, 15) is 4.79 Å². The van der Waals surface area contributed by atoms with Crippen LogP contribution in [0.1, 0.15) is 45.4 Å². The SMILES string of the molecule is CC1CCCN(CCNC(=O)[C@@]23CCCC[C@H]2CNC3)C1.Cl.Cl. The van der Waals surface area contributed by atoms with Gasteiger partial charge >= 0.3 is 0 Å². The van der Waals surface area contributed by atoms with Gasteiger partial charge in [0.2, 0.25) is 5.91 Å². The lowest BCUT2D eigenvalue weighted by atomic mass is 9.67. The van der Waals surface area contributed by atoms with Crippen LogP contribution in [-0.2, 0) is 4.79 Å². The summed E-state index contributed by atoms with van der Waals surface area (Å²) in [6.45, 7) is 8.51. The van der Waals surface area contributed by atoms with E-state index in [1.165, 1.54) is 45.2 Å². The van der Waals surface area contributed by atoms with Crippen molar-refractivity contribution >= 4 is 30.7 Å². The van der Waals surface area contributed by atoms with Crippen LogP contribution in [0.4, 0.5) is 0 Å². The summed E-state index contributed by atoms with van der Waals surface area (Å²) >= 11 is 0. The maximum absolute atomic E-state index is 12.7. The molecule has 1 saturated carbocycles. The van der Waals surface area contributed by atoms with E-state index in [2.05, 4.69) is 22.5 Å². The number of rotatable bonds is 4. The standard InChI is InChI=1S/C17H31N3O.2ClH/c1-14-5-4-9-20(12-14)10-8-19-16(21)17-7-3-2-6-15(17)11-18-13-17;;/h14-15,18H,2-13H2,1H3,(H,19,21);2*1H/t14?,15-,17+;;/m0../s1. The fourth-order valence-corrected chi connectivity index (χ4v) is 4.68. The predicted octanol–water partition coefficient (Wildman–Crippen LogP) is 2.46. The predicted molar refractivity (Wildman–Crippen MR) is 99.6 cm³/mol. The molecule has 23 heavy (non-hydrogen) atoms. The van der Waals surface area contributed by atoms with Crippen LogP contribution in [0.5, 0.6) is 0 Å². The van der Waals surface area contributed by atoms with Gasteiger partial charge in [-0.25, -0.2) is 0 Å². The number of halogens is 2. The molecule has 3 atom stereocenters. The Morgan fingerprint density at radius 2 is 2.09 bits per heavy atom. The molecule has 0 radical (unpaired) electrons. The van der Waals surface area contributed by atoms with Crippen molar-refractivity contribution < 1.29 is 4.79 Å². The Bertz CT molecular complexity index is 383. The minimum absolute atomic E-state index is 0. The highest BCUT2D eigenvalue weighted by Crippen LogP contribution is 2.43. The first-order chi connectivity index (χ1) is 10.2. The first-order valence-electron chi connectivity index (χ1n) is 8.92. The van der Waals surface area contributed by atoms with Crippen molar-refractivity contribution in [3.05, 3.63) is 0 Å². The third-order valence-corrected chi connectivity index (χ3v) is 5.95. The molecule has 3 rings (SSSR count). The van der Waals surface area contributed by atoms with Crippen LogP contribution < -0.4 is 10.6 Å². The molecule has 0 bridgehead atoms. The summed E-state index contributed by atoms with van der Waals surface area (Å²) in [4.78, 5) is 15.2. The Balaban J connectivity index is 0.00000132. The second-order valence-electron chi connectivity index (χ2n) is 7.53. The molecule has 0 aromatic carbocycles. The third kappa shape index (κ3) is 4.75. The second-order valence-corrected chi connectivity index (χ2v) is 7.53. The Hall–Kier alpha value is -0.0300. The van der Waals surface area contributed by atoms with Gasteiger partial charge in [0.15, 0.2) is 0 Å². The highest BCUT2D eigenvalue weighted by Gasteiger charge is 2.49. The molecule has 1 amide bonds. The molecule has 136 valence electrons. The lowest BCUT2D eigenvalue weighted by molar-refractivity contribution is -0.134. The van der Waals surface area contributed by atoms with Crippen molar-refractivity contribution in [1.82, 2.24) is 15.5 Å². The lowest BCUT2D eigenvalue weighted by Crippen LogP contribution is -2.49. The molecule has 2 heterocycles. The van der Waals surface area contributed by atoms with Gasteiger partial charge in [0.25, 0.3) is 0 Å². The van der Waals surface area contributed by atoms with E-state index in [1.54, 1.807) is 0 Å². The Morgan fingerprint density at radius 1 is 1.26 bits per heavy atom. The fraction of sp³-hybridized carbons (Fsp3) is 0.941. The summed E-state index contributed by atoms with van der Waals surface area (Å²) < 4.78 is 0. The Morgan fingerprint density at radius 3 is 2.87 bits per heavy atom. The van der Waals surface area contributed by atoms with Crippen LogP contribution in [0, 0.1) is 17.3 Å². The van der Waals surface area contributed by atoms with Gasteiger partial charge in [-0.3, -0.25) is 4.79 Å². The molecule has 0 aromatic heterocycles. The number of hydrogen-bond acceptors (Lipinski definition) is 3. The number of hydrogen-bond donors (Lipinski definition) is 2. The highest BCUT2D eigenvalue weighted by atomic mass is 35.5. The molecule has 3 fully saturated rings. The molecular weight excluding hydrogens is 333 g/mol. The smallest absolute Gasteiger partial charge is 0.227 e. The van der Waals surface area contributed by atoms with Crippen molar-refractivity contribution in [2.75, 3.05) is 39.3 Å².